The molecule has 1 atom stereocenters. The summed E-state index contributed by atoms with van der Waals surface area (Å²) in [6.07, 6.45) is -0.119. The molecule has 0 aliphatic carbocycles. The number of sulfone groups is 1. The van der Waals surface area contributed by atoms with E-state index in [9.17, 15) is 18.0 Å². The van der Waals surface area contributed by atoms with E-state index in [1.54, 1.807) is 24.3 Å². The first-order valence-electron chi connectivity index (χ1n) is 7.25. The molecule has 0 aromatic heterocycles. The van der Waals surface area contributed by atoms with Gasteiger partial charge in [0, 0.05) is 17.0 Å². The van der Waals surface area contributed by atoms with Crippen molar-refractivity contribution in [1.82, 2.24) is 0 Å². The Morgan fingerprint density at radius 2 is 1.68 bits per heavy atom. The zero-order valence-corrected chi connectivity index (χ0v) is 15.1. The van der Waals surface area contributed by atoms with Crippen molar-refractivity contribution in [2.75, 3.05) is 11.6 Å². The van der Waals surface area contributed by atoms with Gasteiger partial charge in [-0.15, -0.1) is 0 Å². The molecular weight excluding hydrogens is 366 g/mol. The molecule has 0 heterocycles. The van der Waals surface area contributed by atoms with Crippen molar-refractivity contribution in [3.8, 4) is 0 Å². The van der Waals surface area contributed by atoms with Gasteiger partial charge >= 0.3 is 5.97 Å². The molecule has 0 aliphatic rings. The fourth-order valence-electron chi connectivity index (χ4n) is 2.01. The van der Waals surface area contributed by atoms with Gasteiger partial charge in [-0.2, -0.15) is 0 Å². The van der Waals surface area contributed by atoms with Crippen LogP contribution >= 0.6 is 11.6 Å². The number of halogens is 1. The van der Waals surface area contributed by atoms with Crippen LogP contribution in [0, 0.1) is 0 Å². The molecule has 0 saturated heterocycles. The average Bonchev–Trinajstić information content (AvgIpc) is 2.56. The summed E-state index contributed by atoms with van der Waals surface area (Å²) in [7, 11) is -3.60. The number of benzene rings is 2. The van der Waals surface area contributed by atoms with Crippen LogP contribution in [-0.2, 0) is 19.4 Å². The average molecular weight is 382 g/mol. The molecule has 0 radical (unpaired) electrons. The monoisotopic (exact) mass is 381 g/mol. The van der Waals surface area contributed by atoms with Gasteiger partial charge in [0.05, 0.1) is 10.5 Å². The summed E-state index contributed by atoms with van der Waals surface area (Å²) >= 11 is 5.77. The smallest absolute Gasteiger partial charge is 0.340 e. The molecule has 0 aliphatic heterocycles. The molecule has 0 bridgehead atoms. The molecule has 2 aromatic carbocycles. The van der Waals surface area contributed by atoms with Crippen LogP contribution in [0.25, 0.3) is 0 Å². The van der Waals surface area contributed by atoms with Gasteiger partial charge in [0.25, 0.3) is 5.91 Å². The summed E-state index contributed by atoms with van der Waals surface area (Å²) in [5.74, 6) is -1.44. The van der Waals surface area contributed by atoms with Crippen molar-refractivity contribution >= 4 is 39.0 Å². The minimum atomic E-state index is -3.60. The fraction of sp³-hybridized carbons (Fsp3) is 0.176. The Balaban J connectivity index is 2.10. The van der Waals surface area contributed by atoms with E-state index in [4.69, 9.17) is 16.3 Å². The first kappa shape index (κ1) is 19.0. The molecule has 6 nitrogen and oxygen atoms in total. The van der Waals surface area contributed by atoms with Crippen LogP contribution in [0.15, 0.2) is 53.4 Å². The number of anilines is 1. The van der Waals surface area contributed by atoms with E-state index in [2.05, 4.69) is 5.32 Å². The summed E-state index contributed by atoms with van der Waals surface area (Å²) < 4.78 is 28.6. The topological polar surface area (TPSA) is 89.5 Å². The zero-order valence-electron chi connectivity index (χ0n) is 13.5. The largest absolute Gasteiger partial charge is 0.449 e. The van der Waals surface area contributed by atoms with Crippen molar-refractivity contribution in [2.24, 2.45) is 0 Å². The van der Waals surface area contributed by atoms with Crippen molar-refractivity contribution in [3.05, 3.63) is 59.1 Å². The number of amides is 1. The first-order valence-corrected chi connectivity index (χ1v) is 9.52. The maximum absolute atomic E-state index is 12.2. The van der Waals surface area contributed by atoms with E-state index in [0.717, 1.165) is 6.26 Å². The van der Waals surface area contributed by atoms with Crippen LogP contribution in [0.1, 0.15) is 17.3 Å². The summed E-state index contributed by atoms with van der Waals surface area (Å²) in [5, 5.41) is 3.10. The second-order valence-electron chi connectivity index (χ2n) is 5.31. The molecule has 0 saturated carbocycles. The van der Waals surface area contributed by atoms with Gasteiger partial charge in [-0.05, 0) is 43.3 Å². The molecule has 2 rings (SSSR count). The number of esters is 1. The van der Waals surface area contributed by atoms with Crippen LogP contribution in [0.5, 0.6) is 0 Å². The molecule has 0 unspecified atom stereocenters. The second kappa shape index (κ2) is 7.67. The van der Waals surface area contributed by atoms with Crippen LogP contribution in [0.3, 0.4) is 0 Å². The van der Waals surface area contributed by atoms with Gasteiger partial charge in [-0.25, -0.2) is 13.2 Å². The van der Waals surface area contributed by atoms with E-state index < -0.39 is 27.8 Å². The third-order valence-corrected chi connectivity index (χ3v) is 4.68. The standard InChI is InChI=1S/C17H16ClNO5S/c1-11(16(20)19-13-9-7-12(18)8-10-13)24-17(21)14-5-3-4-6-15(14)25(2,22)23/h3-11H,1-2H3,(H,19,20)/t11-/m0/s1. The molecule has 25 heavy (non-hydrogen) atoms. The molecule has 2 aromatic rings. The number of rotatable bonds is 5. The number of nitrogens with one attached hydrogen (secondary N) is 1. The van der Waals surface area contributed by atoms with Gasteiger partial charge in [0.15, 0.2) is 15.9 Å². The highest BCUT2D eigenvalue weighted by molar-refractivity contribution is 7.90. The van der Waals surface area contributed by atoms with Crippen molar-refractivity contribution in [3.63, 3.8) is 0 Å². The Hall–Kier alpha value is -2.38. The van der Waals surface area contributed by atoms with Gasteiger partial charge in [-0.3, -0.25) is 4.79 Å². The predicted octanol–water partition coefficient (Wildman–Crippen LogP) is 2.93. The van der Waals surface area contributed by atoms with Gasteiger partial charge in [0.1, 0.15) is 0 Å². The molecule has 1 amide bonds. The first-order chi connectivity index (χ1) is 11.7. The summed E-state index contributed by atoms with van der Waals surface area (Å²) in [5.41, 5.74) is 0.380. The van der Waals surface area contributed by atoms with Crippen LogP contribution in [-0.4, -0.2) is 32.7 Å². The minimum Gasteiger partial charge on any atom is -0.449 e. The maximum atomic E-state index is 12.2. The Bertz CT molecular complexity index is 894. The van der Waals surface area contributed by atoms with E-state index >= 15 is 0 Å². The predicted molar refractivity (Wildman–Crippen MR) is 94.5 cm³/mol. The van der Waals surface area contributed by atoms with Crippen molar-refractivity contribution in [1.29, 1.82) is 0 Å². The second-order valence-corrected chi connectivity index (χ2v) is 7.73. The number of ether oxygens (including phenoxy) is 1. The lowest BCUT2D eigenvalue weighted by Gasteiger charge is -2.14. The number of carbonyl (C=O) groups is 2. The number of carbonyl (C=O) groups excluding carboxylic acids is 2. The zero-order chi connectivity index (χ0) is 18.6. The highest BCUT2D eigenvalue weighted by Gasteiger charge is 2.23. The highest BCUT2D eigenvalue weighted by atomic mass is 35.5. The van der Waals surface area contributed by atoms with E-state index in [1.165, 1.54) is 31.2 Å². The Morgan fingerprint density at radius 1 is 1.08 bits per heavy atom. The molecular formula is C17H16ClNO5S. The fourth-order valence-corrected chi connectivity index (χ4v) is 3.02. The third-order valence-electron chi connectivity index (χ3n) is 3.27. The lowest BCUT2D eigenvalue weighted by Crippen LogP contribution is -2.30. The number of hydrogen-bond donors (Lipinski definition) is 1. The van der Waals surface area contributed by atoms with Crippen LogP contribution in [0.4, 0.5) is 5.69 Å². The van der Waals surface area contributed by atoms with Gasteiger partial charge in [0.2, 0.25) is 0 Å². The Morgan fingerprint density at radius 3 is 2.28 bits per heavy atom. The van der Waals surface area contributed by atoms with E-state index in [1.807, 2.05) is 0 Å². The minimum absolute atomic E-state index is 0.115. The third kappa shape index (κ3) is 5.04. The summed E-state index contributed by atoms with van der Waals surface area (Å²) in [4.78, 5) is 24.2. The Kier molecular flexibility index (Phi) is 5.81. The highest BCUT2D eigenvalue weighted by Crippen LogP contribution is 2.18. The van der Waals surface area contributed by atoms with Crippen molar-refractivity contribution < 1.29 is 22.7 Å². The van der Waals surface area contributed by atoms with Crippen LogP contribution in [0.2, 0.25) is 5.02 Å². The summed E-state index contributed by atoms with van der Waals surface area (Å²) in [6, 6.07) is 12.1. The molecule has 1 N–H and O–H groups in total. The lowest BCUT2D eigenvalue weighted by molar-refractivity contribution is -0.123. The maximum Gasteiger partial charge on any atom is 0.340 e. The van der Waals surface area contributed by atoms with Crippen LogP contribution < -0.4 is 5.32 Å². The quantitative estimate of drug-likeness (QED) is 0.804. The van der Waals surface area contributed by atoms with E-state index in [-0.39, 0.29) is 10.5 Å². The Labute approximate surface area is 150 Å². The van der Waals surface area contributed by atoms with Gasteiger partial charge < -0.3 is 10.1 Å². The lowest BCUT2D eigenvalue weighted by atomic mass is 10.2. The van der Waals surface area contributed by atoms with Gasteiger partial charge in [-0.1, -0.05) is 23.7 Å². The molecule has 8 heteroatoms. The number of hydrogen-bond acceptors (Lipinski definition) is 5. The van der Waals surface area contributed by atoms with E-state index in [0.29, 0.717) is 10.7 Å². The molecule has 0 spiro atoms. The molecule has 132 valence electrons. The summed E-state index contributed by atoms with van der Waals surface area (Å²) in [6.45, 7) is 1.40. The molecule has 0 fully saturated rings. The normalized spacial score (nSPS) is 12.3. The SMILES string of the molecule is C[C@H](OC(=O)c1ccccc1S(C)(=O)=O)C(=O)Nc1ccc(Cl)cc1. The van der Waals surface area contributed by atoms with Crippen molar-refractivity contribution in [2.45, 2.75) is 17.9 Å².